The number of likely N-dealkylation sites (tertiary alicyclic amines) is 1. The first kappa shape index (κ1) is 28.3. The summed E-state index contributed by atoms with van der Waals surface area (Å²) in [7, 11) is 0. The Morgan fingerprint density at radius 2 is 1.71 bits per heavy atom. The molecule has 1 amide bonds. The molecule has 0 aliphatic carbocycles. The smallest absolute Gasteiger partial charge is 0.410 e. The number of amides is 1. The number of carbonyl (C=O) groups excluding carboxylic acids is 1. The first-order valence-electron chi connectivity index (χ1n) is 13.8. The summed E-state index contributed by atoms with van der Waals surface area (Å²) < 4.78 is 14.0. The first-order chi connectivity index (χ1) is 17.9. The Kier molecular flexibility index (Phi) is 8.61. The number of carbonyl (C=O) groups is 1. The molecule has 1 aliphatic rings. The first-order valence-corrected chi connectivity index (χ1v) is 14.1. The molecule has 0 N–H and O–H groups in total. The predicted molar refractivity (Wildman–Crippen MR) is 154 cm³/mol. The normalized spacial score (nSPS) is 15.2. The van der Waals surface area contributed by atoms with Gasteiger partial charge in [0.15, 0.2) is 0 Å². The number of para-hydroxylation sites is 1. The Morgan fingerprint density at radius 1 is 1.03 bits per heavy atom. The second-order valence-electron chi connectivity index (χ2n) is 12.4. The van der Waals surface area contributed by atoms with Crippen molar-refractivity contribution in [3.8, 4) is 5.75 Å². The molecule has 2 aromatic carbocycles. The quantitative estimate of drug-likeness (QED) is 0.305. The lowest BCUT2D eigenvalue weighted by Gasteiger charge is -2.33. The molecule has 1 aliphatic heterocycles. The summed E-state index contributed by atoms with van der Waals surface area (Å²) in [6.45, 7) is 15.3. The molecule has 0 radical (unpaired) electrons. The van der Waals surface area contributed by atoms with Crippen LogP contribution in [0.1, 0.15) is 78.6 Å². The second-order valence-corrected chi connectivity index (χ2v) is 12.8. The predicted octanol–water partition coefficient (Wildman–Crippen LogP) is 7.99. The van der Waals surface area contributed by atoms with Gasteiger partial charge in [-0.2, -0.15) is 0 Å². The van der Waals surface area contributed by atoms with Crippen molar-refractivity contribution in [3.05, 3.63) is 58.9 Å². The molecule has 0 bridgehead atoms. The van der Waals surface area contributed by atoms with E-state index in [0.29, 0.717) is 17.5 Å². The van der Waals surface area contributed by atoms with Crippen LogP contribution in [0.25, 0.3) is 11.0 Å². The Hall–Kier alpha value is -2.73. The van der Waals surface area contributed by atoms with E-state index in [1.807, 2.05) is 49.9 Å². The third-order valence-electron chi connectivity index (χ3n) is 7.10. The summed E-state index contributed by atoms with van der Waals surface area (Å²) in [5, 5.41) is 0.691. The minimum atomic E-state index is -0.456. The number of rotatable bonds is 7. The summed E-state index contributed by atoms with van der Waals surface area (Å²) in [6, 6.07) is 13.9. The Morgan fingerprint density at radius 3 is 2.34 bits per heavy atom. The van der Waals surface area contributed by atoms with Gasteiger partial charge in [0, 0.05) is 24.7 Å². The van der Waals surface area contributed by atoms with Gasteiger partial charge in [-0.15, -0.1) is 0 Å². The minimum absolute atomic E-state index is 0.0000907. The number of imidazole rings is 1. The number of aryl methyl sites for hydroxylation is 1. The van der Waals surface area contributed by atoms with Gasteiger partial charge in [0.1, 0.15) is 23.8 Å². The van der Waals surface area contributed by atoms with Crippen molar-refractivity contribution in [2.45, 2.75) is 91.4 Å². The molecule has 4 rings (SSSR count). The van der Waals surface area contributed by atoms with Gasteiger partial charge >= 0.3 is 6.09 Å². The van der Waals surface area contributed by atoms with E-state index < -0.39 is 5.60 Å². The summed E-state index contributed by atoms with van der Waals surface area (Å²) in [5.41, 5.74) is 3.06. The summed E-state index contributed by atoms with van der Waals surface area (Å²) in [6.07, 6.45) is 4.01. The van der Waals surface area contributed by atoms with Crippen LogP contribution in [-0.4, -0.2) is 39.2 Å². The van der Waals surface area contributed by atoms with E-state index in [9.17, 15) is 4.79 Å². The van der Waals surface area contributed by atoms with Crippen molar-refractivity contribution in [2.24, 2.45) is 5.92 Å². The van der Waals surface area contributed by atoms with Crippen molar-refractivity contribution in [3.63, 3.8) is 0 Å². The fourth-order valence-electron chi connectivity index (χ4n) is 5.14. The molecule has 7 heteroatoms. The highest BCUT2D eigenvalue weighted by molar-refractivity contribution is 6.30. The largest absolute Gasteiger partial charge is 0.486 e. The fourth-order valence-corrected chi connectivity index (χ4v) is 5.26. The van der Waals surface area contributed by atoms with Gasteiger partial charge in [-0.25, -0.2) is 9.78 Å². The number of piperidine rings is 1. The number of nitrogens with zero attached hydrogens (tertiary/aromatic N) is 3. The summed E-state index contributed by atoms with van der Waals surface area (Å²) in [4.78, 5) is 19.3. The number of hydrogen-bond acceptors (Lipinski definition) is 4. The lowest BCUT2D eigenvalue weighted by atomic mass is 9.86. The van der Waals surface area contributed by atoms with Crippen LogP contribution in [0.4, 0.5) is 4.79 Å². The molecule has 206 valence electrons. The van der Waals surface area contributed by atoms with Crippen LogP contribution in [0.3, 0.4) is 0 Å². The van der Waals surface area contributed by atoms with E-state index >= 15 is 0 Å². The van der Waals surface area contributed by atoms with E-state index in [4.69, 9.17) is 26.1 Å². The van der Waals surface area contributed by atoms with Crippen LogP contribution < -0.4 is 4.74 Å². The Balaban J connectivity index is 1.45. The van der Waals surface area contributed by atoms with Gasteiger partial charge in [0.2, 0.25) is 0 Å². The topological polar surface area (TPSA) is 56.6 Å². The van der Waals surface area contributed by atoms with Gasteiger partial charge in [-0.3, -0.25) is 0 Å². The zero-order chi connectivity index (χ0) is 27.5. The van der Waals surface area contributed by atoms with Crippen molar-refractivity contribution < 1.29 is 14.3 Å². The molecule has 2 heterocycles. The number of benzene rings is 2. The van der Waals surface area contributed by atoms with Crippen LogP contribution in [0.2, 0.25) is 5.02 Å². The number of fused-ring (bicyclic) bond motifs is 1. The third-order valence-corrected chi connectivity index (χ3v) is 7.35. The van der Waals surface area contributed by atoms with Gasteiger partial charge < -0.3 is 18.9 Å². The van der Waals surface area contributed by atoms with E-state index in [-0.39, 0.29) is 11.5 Å². The lowest BCUT2D eigenvalue weighted by Crippen LogP contribution is -2.41. The van der Waals surface area contributed by atoms with Crippen molar-refractivity contribution in [1.29, 1.82) is 0 Å². The van der Waals surface area contributed by atoms with Crippen LogP contribution in [0.15, 0.2) is 42.5 Å². The zero-order valence-corrected chi connectivity index (χ0v) is 24.5. The minimum Gasteiger partial charge on any atom is -0.486 e. The Bertz CT molecular complexity index is 1230. The maximum absolute atomic E-state index is 12.4. The van der Waals surface area contributed by atoms with Gasteiger partial charge in [-0.05, 0) is 93.7 Å². The maximum atomic E-state index is 12.4. The number of ether oxygens (including phenoxy) is 2. The molecular formula is C31H42ClN3O3. The monoisotopic (exact) mass is 539 g/mol. The highest BCUT2D eigenvalue weighted by Crippen LogP contribution is 2.32. The molecule has 3 aromatic rings. The van der Waals surface area contributed by atoms with E-state index in [1.54, 1.807) is 0 Å². The van der Waals surface area contributed by atoms with Gasteiger partial charge in [-0.1, -0.05) is 44.5 Å². The number of aromatic nitrogens is 2. The molecule has 1 saturated heterocycles. The van der Waals surface area contributed by atoms with Gasteiger partial charge in [0.25, 0.3) is 0 Å². The molecule has 0 unspecified atom stereocenters. The lowest BCUT2D eigenvalue weighted by molar-refractivity contribution is 0.0180. The van der Waals surface area contributed by atoms with E-state index in [2.05, 4.69) is 43.5 Å². The average molecular weight is 540 g/mol. The van der Waals surface area contributed by atoms with Crippen molar-refractivity contribution in [2.75, 3.05) is 13.1 Å². The number of hydrogen-bond donors (Lipinski definition) is 0. The molecule has 38 heavy (non-hydrogen) atoms. The second kappa shape index (κ2) is 11.6. The molecule has 1 aromatic heterocycles. The molecule has 0 spiro atoms. The summed E-state index contributed by atoms with van der Waals surface area (Å²) in [5.74, 6) is 2.33. The van der Waals surface area contributed by atoms with E-state index in [0.717, 1.165) is 62.4 Å². The standard InChI is InChI=1S/C31H42ClN3O3/c1-30(2,3)25-10-7-11-26-28(25)35(27(33-26)21-37-24-14-12-23(32)13-15-24)18-8-9-22-16-19-34(20-17-22)29(36)38-31(4,5)6/h7,10-15,22H,8-9,16-21H2,1-6H3. The van der Waals surface area contributed by atoms with Crippen LogP contribution in [0, 0.1) is 5.92 Å². The van der Waals surface area contributed by atoms with Crippen molar-refractivity contribution >= 4 is 28.7 Å². The van der Waals surface area contributed by atoms with Crippen LogP contribution in [0.5, 0.6) is 5.75 Å². The van der Waals surface area contributed by atoms with Crippen LogP contribution in [-0.2, 0) is 23.3 Å². The van der Waals surface area contributed by atoms with E-state index in [1.165, 1.54) is 11.1 Å². The average Bonchev–Trinajstić information content (AvgIpc) is 3.20. The maximum Gasteiger partial charge on any atom is 0.410 e. The highest BCUT2D eigenvalue weighted by Gasteiger charge is 2.27. The SMILES string of the molecule is CC(C)(C)OC(=O)N1CCC(CCCn2c(COc3ccc(Cl)cc3)nc3cccc(C(C)(C)C)c32)CC1. The molecule has 0 saturated carbocycles. The third kappa shape index (κ3) is 7.22. The number of halogens is 1. The molecule has 6 nitrogen and oxygen atoms in total. The fraction of sp³-hybridized carbons (Fsp3) is 0.548. The summed E-state index contributed by atoms with van der Waals surface area (Å²) >= 11 is 6.04. The highest BCUT2D eigenvalue weighted by atomic mass is 35.5. The molecular weight excluding hydrogens is 498 g/mol. The van der Waals surface area contributed by atoms with Gasteiger partial charge in [0.05, 0.1) is 11.0 Å². The molecule has 0 atom stereocenters. The zero-order valence-electron chi connectivity index (χ0n) is 23.7. The van der Waals surface area contributed by atoms with Crippen LogP contribution >= 0.6 is 11.6 Å². The van der Waals surface area contributed by atoms with Crippen molar-refractivity contribution in [1.82, 2.24) is 14.5 Å². The Labute approximate surface area is 232 Å². The molecule has 1 fully saturated rings.